The normalized spacial score (nSPS) is 17.3. The summed E-state index contributed by atoms with van der Waals surface area (Å²) in [7, 11) is -2.03. The van der Waals surface area contributed by atoms with Crippen LogP contribution in [-0.4, -0.2) is 69.9 Å². The van der Waals surface area contributed by atoms with Crippen molar-refractivity contribution in [2.45, 2.75) is 11.3 Å². The Morgan fingerprint density at radius 3 is 2.34 bits per heavy atom. The highest BCUT2D eigenvalue weighted by Crippen LogP contribution is 2.27. The number of nitrogens with zero attached hydrogens (tertiary/aromatic N) is 3. The molecule has 154 valence electrons. The van der Waals surface area contributed by atoms with Crippen molar-refractivity contribution in [1.82, 2.24) is 9.21 Å². The third-order valence-corrected chi connectivity index (χ3v) is 7.51. The van der Waals surface area contributed by atoms with Crippen LogP contribution in [0.25, 0.3) is 0 Å². The molecule has 1 amide bonds. The lowest BCUT2D eigenvalue weighted by molar-refractivity contribution is -0.130. The topological polar surface area (TPSA) is 70.2 Å². The summed E-state index contributed by atoms with van der Waals surface area (Å²) in [5.74, 6) is 0.658. The quantitative estimate of drug-likeness (QED) is 0.742. The van der Waals surface area contributed by atoms with Crippen LogP contribution in [0.15, 0.2) is 53.4 Å². The minimum absolute atomic E-state index is 0.0446. The van der Waals surface area contributed by atoms with E-state index >= 15 is 0 Å². The Bertz CT molecular complexity index is 983. The summed E-state index contributed by atoms with van der Waals surface area (Å²) in [5.41, 5.74) is 2.40. The number of para-hydroxylation sites is 1. The van der Waals surface area contributed by atoms with Crippen molar-refractivity contribution in [2.24, 2.45) is 0 Å². The van der Waals surface area contributed by atoms with Gasteiger partial charge < -0.3 is 14.5 Å². The van der Waals surface area contributed by atoms with Gasteiger partial charge in [0.1, 0.15) is 5.75 Å². The molecule has 29 heavy (non-hydrogen) atoms. The van der Waals surface area contributed by atoms with Crippen LogP contribution in [0.4, 0.5) is 5.69 Å². The van der Waals surface area contributed by atoms with Gasteiger partial charge in [-0.15, -0.1) is 0 Å². The molecule has 4 rings (SSSR count). The van der Waals surface area contributed by atoms with E-state index in [1.54, 1.807) is 36.3 Å². The van der Waals surface area contributed by atoms with Gasteiger partial charge in [0.2, 0.25) is 15.9 Å². The first-order chi connectivity index (χ1) is 14.0. The van der Waals surface area contributed by atoms with Crippen LogP contribution in [0.2, 0.25) is 0 Å². The first kappa shape index (κ1) is 19.7. The predicted molar refractivity (Wildman–Crippen MR) is 111 cm³/mol. The second-order valence-electron chi connectivity index (χ2n) is 7.26. The van der Waals surface area contributed by atoms with E-state index in [0.717, 1.165) is 18.7 Å². The summed E-state index contributed by atoms with van der Waals surface area (Å²) in [6.45, 7) is 2.60. The molecule has 0 radical (unpaired) electrons. The summed E-state index contributed by atoms with van der Waals surface area (Å²) in [5, 5.41) is 0. The minimum Gasteiger partial charge on any atom is -0.497 e. The second-order valence-corrected chi connectivity index (χ2v) is 9.20. The van der Waals surface area contributed by atoms with E-state index in [0.29, 0.717) is 38.5 Å². The van der Waals surface area contributed by atoms with Gasteiger partial charge in [-0.2, -0.15) is 4.31 Å². The maximum atomic E-state index is 12.9. The smallest absolute Gasteiger partial charge is 0.243 e. The summed E-state index contributed by atoms with van der Waals surface area (Å²) in [6, 6.07) is 14.5. The Labute approximate surface area is 171 Å². The Kier molecular flexibility index (Phi) is 5.47. The zero-order valence-electron chi connectivity index (χ0n) is 16.5. The number of carbonyl (C=O) groups is 1. The molecule has 0 unspecified atom stereocenters. The molecule has 2 aromatic rings. The van der Waals surface area contributed by atoms with E-state index in [9.17, 15) is 13.2 Å². The standard InChI is InChI=1S/C21H25N3O4S/c1-28-18-6-8-19(9-7-18)29(26,27)24-14-12-22(13-15-24)21(25)16-23-11-10-17-4-2-3-5-20(17)23/h2-9H,10-16H2,1H3. The number of piperazine rings is 1. The number of amides is 1. The van der Waals surface area contributed by atoms with Gasteiger partial charge in [0, 0.05) is 38.4 Å². The lowest BCUT2D eigenvalue weighted by Gasteiger charge is -2.35. The number of methoxy groups -OCH3 is 1. The third kappa shape index (κ3) is 3.95. The van der Waals surface area contributed by atoms with E-state index in [-0.39, 0.29) is 10.8 Å². The summed E-state index contributed by atoms with van der Waals surface area (Å²) in [4.78, 5) is 16.9. The molecule has 0 aliphatic carbocycles. The number of anilines is 1. The van der Waals surface area contributed by atoms with E-state index in [1.807, 2.05) is 12.1 Å². The zero-order chi connectivity index (χ0) is 20.4. The third-order valence-electron chi connectivity index (χ3n) is 5.60. The molecule has 1 fully saturated rings. The van der Waals surface area contributed by atoms with Crippen molar-refractivity contribution in [3.8, 4) is 5.75 Å². The Balaban J connectivity index is 1.36. The molecule has 0 saturated carbocycles. The molecule has 0 atom stereocenters. The summed E-state index contributed by atoms with van der Waals surface area (Å²) in [6.07, 6.45) is 0.956. The first-order valence-electron chi connectivity index (χ1n) is 9.74. The minimum atomic E-state index is -3.57. The van der Waals surface area contributed by atoms with Crippen LogP contribution in [0.1, 0.15) is 5.56 Å². The Morgan fingerprint density at radius 1 is 0.966 bits per heavy atom. The number of rotatable bonds is 5. The van der Waals surface area contributed by atoms with Gasteiger partial charge in [0.25, 0.3) is 0 Å². The van der Waals surface area contributed by atoms with Crippen LogP contribution in [0, 0.1) is 0 Å². The number of hydrogen-bond donors (Lipinski definition) is 0. The highest BCUT2D eigenvalue weighted by Gasteiger charge is 2.31. The van der Waals surface area contributed by atoms with Crippen molar-refractivity contribution in [1.29, 1.82) is 0 Å². The molecule has 0 aromatic heterocycles. The monoisotopic (exact) mass is 415 g/mol. The highest BCUT2D eigenvalue weighted by molar-refractivity contribution is 7.89. The van der Waals surface area contributed by atoms with Gasteiger partial charge in [0.05, 0.1) is 18.6 Å². The van der Waals surface area contributed by atoms with Crippen molar-refractivity contribution in [3.05, 3.63) is 54.1 Å². The van der Waals surface area contributed by atoms with Crippen LogP contribution >= 0.6 is 0 Å². The zero-order valence-corrected chi connectivity index (χ0v) is 17.3. The van der Waals surface area contributed by atoms with Crippen LogP contribution in [0.3, 0.4) is 0 Å². The van der Waals surface area contributed by atoms with Crippen molar-refractivity contribution in [2.75, 3.05) is 51.3 Å². The summed E-state index contributed by atoms with van der Waals surface area (Å²) < 4.78 is 32.2. The molecule has 2 aromatic carbocycles. The molecule has 2 aliphatic heterocycles. The van der Waals surface area contributed by atoms with Crippen molar-refractivity contribution >= 4 is 21.6 Å². The fraction of sp³-hybridized carbons (Fsp3) is 0.381. The second kappa shape index (κ2) is 8.04. The van der Waals surface area contributed by atoms with Crippen LogP contribution in [-0.2, 0) is 21.2 Å². The lowest BCUT2D eigenvalue weighted by Crippen LogP contribution is -2.52. The van der Waals surface area contributed by atoms with Crippen molar-refractivity contribution in [3.63, 3.8) is 0 Å². The molecule has 2 heterocycles. The predicted octanol–water partition coefficient (Wildman–Crippen LogP) is 1.59. The molecule has 8 heteroatoms. The van der Waals surface area contributed by atoms with Crippen LogP contribution < -0.4 is 9.64 Å². The molecule has 0 spiro atoms. The van der Waals surface area contributed by atoms with Gasteiger partial charge in [-0.1, -0.05) is 18.2 Å². The maximum absolute atomic E-state index is 12.9. The lowest BCUT2D eigenvalue weighted by atomic mass is 10.2. The molecule has 7 nitrogen and oxygen atoms in total. The van der Waals surface area contributed by atoms with E-state index in [4.69, 9.17) is 4.74 Å². The molecule has 0 bridgehead atoms. The van der Waals surface area contributed by atoms with Gasteiger partial charge in [-0.25, -0.2) is 8.42 Å². The number of fused-ring (bicyclic) bond motifs is 1. The number of carbonyl (C=O) groups excluding carboxylic acids is 1. The number of ether oxygens (including phenoxy) is 1. The van der Waals surface area contributed by atoms with Gasteiger partial charge >= 0.3 is 0 Å². The van der Waals surface area contributed by atoms with E-state index in [2.05, 4.69) is 17.0 Å². The largest absolute Gasteiger partial charge is 0.497 e. The average molecular weight is 416 g/mol. The first-order valence-corrected chi connectivity index (χ1v) is 11.2. The molecule has 1 saturated heterocycles. The highest BCUT2D eigenvalue weighted by atomic mass is 32.2. The SMILES string of the molecule is COc1ccc(S(=O)(=O)N2CCN(C(=O)CN3CCc4ccccc43)CC2)cc1. The van der Waals surface area contributed by atoms with Crippen LogP contribution in [0.5, 0.6) is 5.75 Å². The molecule has 2 aliphatic rings. The number of hydrogen-bond acceptors (Lipinski definition) is 5. The fourth-order valence-corrected chi connectivity index (χ4v) is 5.33. The average Bonchev–Trinajstić information content (AvgIpc) is 3.16. The van der Waals surface area contributed by atoms with Gasteiger partial charge in [0.15, 0.2) is 0 Å². The van der Waals surface area contributed by atoms with Crippen molar-refractivity contribution < 1.29 is 17.9 Å². The van der Waals surface area contributed by atoms with Gasteiger partial charge in [-0.05, 0) is 42.3 Å². The molecule has 0 N–H and O–H groups in total. The fourth-order valence-electron chi connectivity index (χ4n) is 3.91. The number of benzene rings is 2. The molecular weight excluding hydrogens is 390 g/mol. The van der Waals surface area contributed by atoms with E-state index < -0.39 is 10.0 Å². The number of sulfonamides is 1. The maximum Gasteiger partial charge on any atom is 0.243 e. The van der Waals surface area contributed by atoms with E-state index in [1.165, 1.54) is 9.87 Å². The summed E-state index contributed by atoms with van der Waals surface area (Å²) >= 11 is 0. The Hall–Kier alpha value is -2.58. The molecular formula is C21H25N3O4S. The Morgan fingerprint density at radius 2 is 1.66 bits per heavy atom. The van der Waals surface area contributed by atoms with Gasteiger partial charge in [-0.3, -0.25) is 4.79 Å².